The van der Waals surface area contributed by atoms with Gasteiger partial charge >= 0.3 is 0 Å². The van der Waals surface area contributed by atoms with Crippen molar-refractivity contribution in [2.75, 3.05) is 13.7 Å². The Morgan fingerprint density at radius 1 is 1.13 bits per heavy atom. The molecule has 0 bridgehead atoms. The van der Waals surface area contributed by atoms with Crippen LogP contribution in [0.3, 0.4) is 0 Å². The second-order valence-corrected chi connectivity index (χ2v) is 7.92. The number of rotatable bonds is 7. The van der Waals surface area contributed by atoms with Gasteiger partial charge in [-0.05, 0) is 23.3 Å². The van der Waals surface area contributed by atoms with Crippen LogP contribution in [-0.4, -0.2) is 27.8 Å². The van der Waals surface area contributed by atoms with Crippen LogP contribution in [-0.2, 0) is 24.1 Å². The van der Waals surface area contributed by atoms with E-state index >= 15 is 0 Å². The molecule has 4 rings (SSSR count). The lowest BCUT2D eigenvalue weighted by Gasteiger charge is -2.12. The molecular weight excluding hydrogens is 401 g/mol. The van der Waals surface area contributed by atoms with E-state index in [1.807, 2.05) is 54.2 Å². The molecule has 4 aromatic rings. The van der Waals surface area contributed by atoms with Crippen LogP contribution < -0.4 is 5.56 Å². The maximum Gasteiger partial charge on any atom is 0.278 e. The standard InChI is InChI=1S/C23H22FN3O2S/c1-26-14-19(17-8-4-3-5-9-17)20-21(26)22(28)27(11-12-29-2)23(25-20)30-15-16-7-6-10-18(24)13-16/h3-10,13-14H,11-12,15H2,1-2H3. The van der Waals surface area contributed by atoms with Crippen LogP contribution in [0, 0.1) is 5.82 Å². The molecule has 0 aliphatic carbocycles. The van der Waals surface area contributed by atoms with Crippen LogP contribution in [0.2, 0.25) is 0 Å². The largest absolute Gasteiger partial charge is 0.383 e. The zero-order valence-corrected chi connectivity index (χ0v) is 17.7. The van der Waals surface area contributed by atoms with E-state index in [0.717, 1.165) is 16.7 Å². The smallest absolute Gasteiger partial charge is 0.278 e. The number of hydrogen-bond donors (Lipinski definition) is 0. The average Bonchev–Trinajstić information content (AvgIpc) is 3.09. The number of methoxy groups -OCH3 is 1. The first-order chi connectivity index (χ1) is 14.6. The third-order valence-electron chi connectivity index (χ3n) is 4.90. The number of aryl methyl sites for hydroxylation is 1. The molecular formula is C23H22FN3O2S. The van der Waals surface area contributed by atoms with E-state index in [0.29, 0.717) is 35.1 Å². The van der Waals surface area contributed by atoms with Crippen molar-refractivity contribution in [1.82, 2.24) is 14.1 Å². The minimum Gasteiger partial charge on any atom is -0.383 e. The van der Waals surface area contributed by atoms with Crippen LogP contribution in [0.5, 0.6) is 0 Å². The summed E-state index contributed by atoms with van der Waals surface area (Å²) in [5.41, 5.74) is 3.87. The Morgan fingerprint density at radius 3 is 2.67 bits per heavy atom. The Morgan fingerprint density at radius 2 is 1.93 bits per heavy atom. The molecule has 2 aromatic heterocycles. The van der Waals surface area contributed by atoms with Gasteiger partial charge in [0, 0.05) is 31.7 Å². The van der Waals surface area contributed by atoms with Crippen LogP contribution in [0.25, 0.3) is 22.2 Å². The Hall–Kier alpha value is -2.90. The molecule has 2 heterocycles. The summed E-state index contributed by atoms with van der Waals surface area (Å²) in [5, 5.41) is 0.595. The van der Waals surface area contributed by atoms with Crippen molar-refractivity contribution in [2.45, 2.75) is 17.5 Å². The lowest BCUT2D eigenvalue weighted by atomic mass is 10.1. The monoisotopic (exact) mass is 423 g/mol. The Kier molecular flexibility index (Phi) is 6.01. The van der Waals surface area contributed by atoms with Crippen LogP contribution in [0.15, 0.2) is 70.7 Å². The minimum absolute atomic E-state index is 0.108. The number of ether oxygens (including phenoxy) is 1. The summed E-state index contributed by atoms with van der Waals surface area (Å²) in [6, 6.07) is 16.4. The predicted octanol–water partition coefficient (Wildman–Crippen LogP) is 4.48. The van der Waals surface area contributed by atoms with E-state index < -0.39 is 0 Å². The first-order valence-corrected chi connectivity index (χ1v) is 10.6. The molecule has 0 atom stereocenters. The lowest BCUT2D eigenvalue weighted by molar-refractivity contribution is 0.183. The highest BCUT2D eigenvalue weighted by molar-refractivity contribution is 7.98. The third-order valence-corrected chi connectivity index (χ3v) is 5.95. The van der Waals surface area contributed by atoms with E-state index in [1.54, 1.807) is 17.7 Å². The molecule has 30 heavy (non-hydrogen) atoms. The van der Waals surface area contributed by atoms with Crippen LogP contribution in [0.1, 0.15) is 5.56 Å². The van der Waals surface area contributed by atoms with Crippen LogP contribution >= 0.6 is 11.8 Å². The molecule has 0 aliphatic rings. The fourth-order valence-corrected chi connectivity index (χ4v) is 4.40. The van der Waals surface area contributed by atoms with Crippen LogP contribution in [0.4, 0.5) is 4.39 Å². The Labute approximate surface area is 178 Å². The summed E-state index contributed by atoms with van der Waals surface area (Å²) in [7, 11) is 3.46. The molecule has 0 saturated carbocycles. The number of hydrogen-bond acceptors (Lipinski definition) is 4. The van der Waals surface area contributed by atoms with E-state index in [1.165, 1.54) is 23.9 Å². The van der Waals surface area contributed by atoms with Gasteiger partial charge in [-0.3, -0.25) is 9.36 Å². The van der Waals surface area contributed by atoms with E-state index in [4.69, 9.17) is 9.72 Å². The van der Waals surface area contributed by atoms with Gasteiger partial charge in [0.1, 0.15) is 16.9 Å². The molecule has 0 amide bonds. The number of benzene rings is 2. The van der Waals surface area contributed by atoms with Crippen molar-refractivity contribution in [1.29, 1.82) is 0 Å². The third kappa shape index (κ3) is 4.04. The summed E-state index contributed by atoms with van der Waals surface area (Å²) in [5.74, 6) is 0.235. The second-order valence-electron chi connectivity index (χ2n) is 6.98. The van der Waals surface area contributed by atoms with Gasteiger partial charge in [-0.15, -0.1) is 0 Å². The van der Waals surface area contributed by atoms with Crippen molar-refractivity contribution in [3.8, 4) is 11.1 Å². The maximum atomic E-state index is 13.6. The van der Waals surface area contributed by atoms with E-state index in [2.05, 4.69) is 0 Å². The summed E-state index contributed by atoms with van der Waals surface area (Å²) in [6.45, 7) is 0.798. The van der Waals surface area contributed by atoms with Gasteiger partial charge in [0.15, 0.2) is 5.16 Å². The van der Waals surface area contributed by atoms with Gasteiger partial charge in [-0.1, -0.05) is 54.2 Å². The van der Waals surface area contributed by atoms with Gasteiger partial charge < -0.3 is 9.30 Å². The molecule has 154 valence electrons. The number of aromatic nitrogens is 3. The Balaban J connectivity index is 1.83. The highest BCUT2D eigenvalue weighted by Crippen LogP contribution is 2.30. The highest BCUT2D eigenvalue weighted by atomic mass is 32.2. The first kappa shape index (κ1) is 20.4. The zero-order valence-electron chi connectivity index (χ0n) is 16.8. The molecule has 0 unspecified atom stereocenters. The molecule has 0 fully saturated rings. The molecule has 0 N–H and O–H groups in total. The van der Waals surface area contributed by atoms with Crippen molar-refractivity contribution < 1.29 is 9.13 Å². The lowest BCUT2D eigenvalue weighted by Crippen LogP contribution is -2.26. The number of halogens is 1. The first-order valence-electron chi connectivity index (χ1n) is 9.60. The molecule has 0 aliphatic heterocycles. The quantitative estimate of drug-likeness (QED) is 0.325. The SMILES string of the molecule is COCCn1c(SCc2cccc(F)c2)nc2c(-c3ccccc3)cn(C)c2c1=O. The minimum atomic E-state index is -0.275. The summed E-state index contributed by atoms with van der Waals surface area (Å²) >= 11 is 1.42. The molecule has 5 nitrogen and oxygen atoms in total. The van der Waals surface area contributed by atoms with Crippen molar-refractivity contribution >= 4 is 22.8 Å². The van der Waals surface area contributed by atoms with Crippen molar-refractivity contribution in [2.24, 2.45) is 7.05 Å². The zero-order chi connectivity index (χ0) is 21.1. The number of fused-ring (bicyclic) bond motifs is 1. The molecule has 0 radical (unpaired) electrons. The topological polar surface area (TPSA) is 49.0 Å². The highest BCUT2D eigenvalue weighted by Gasteiger charge is 2.18. The van der Waals surface area contributed by atoms with Gasteiger partial charge in [-0.25, -0.2) is 9.37 Å². The van der Waals surface area contributed by atoms with Gasteiger partial charge in [0.2, 0.25) is 0 Å². The molecule has 7 heteroatoms. The fourth-order valence-electron chi connectivity index (χ4n) is 3.44. The molecule has 0 saturated heterocycles. The van der Waals surface area contributed by atoms with Gasteiger partial charge in [0.25, 0.3) is 5.56 Å². The summed E-state index contributed by atoms with van der Waals surface area (Å²) in [6.07, 6.45) is 1.94. The van der Waals surface area contributed by atoms with E-state index in [9.17, 15) is 9.18 Å². The second kappa shape index (κ2) is 8.85. The maximum absolute atomic E-state index is 13.6. The Bertz CT molecular complexity index is 1230. The molecule has 0 spiro atoms. The predicted molar refractivity (Wildman–Crippen MR) is 118 cm³/mol. The van der Waals surface area contributed by atoms with Crippen molar-refractivity contribution in [3.05, 3.63) is 82.5 Å². The summed E-state index contributed by atoms with van der Waals surface area (Å²) in [4.78, 5) is 18.2. The average molecular weight is 424 g/mol. The van der Waals surface area contributed by atoms with Gasteiger partial charge in [0.05, 0.1) is 13.2 Å². The summed E-state index contributed by atoms with van der Waals surface area (Å²) < 4.78 is 22.2. The number of nitrogens with zero attached hydrogens (tertiary/aromatic N) is 3. The van der Waals surface area contributed by atoms with Crippen molar-refractivity contribution in [3.63, 3.8) is 0 Å². The fraction of sp³-hybridized carbons (Fsp3) is 0.217. The van der Waals surface area contributed by atoms with Gasteiger partial charge in [-0.2, -0.15) is 0 Å². The normalized spacial score (nSPS) is 11.3. The molecule has 2 aromatic carbocycles. The number of thioether (sulfide) groups is 1. The van der Waals surface area contributed by atoms with E-state index in [-0.39, 0.29) is 11.4 Å².